The highest BCUT2D eigenvalue weighted by Gasteiger charge is 2.26. The molecular formula is C15H19NS2. The number of hydrogen-bond donors (Lipinski definition) is 1. The Morgan fingerprint density at radius 2 is 1.89 bits per heavy atom. The van der Waals surface area contributed by atoms with Crippen LogP contribution in [0, 0.1) is 5.92 Å². The molecule has 1 N–H and O–H groups in total. The lowest BCUT2D eigenvalue weighted by molar-refractivity contribution is 0.372. The van der Waals surface area contributed by atoms with Crippen molar-refractivity contribution in [3.8, 4) is 0 Å². The van der Waals surface area contributed by atoms with Gasteiger partial charge in [-0.15, -0.1) is 22.7 Å². The predicted molar refractivity (Wildman–Crippen MR) is 80.2 cm³/mol. The second kappa shape index (κ2) is 6.00. The molecule has 0 aliphatic heterocycles. The quantitative estimate of drug-likeness (QED) is 0.825. The fourth-order valence-electron chi connectivity index (χ4n) is 2.88. The number of nitrogens with one attached hydrogen (secondary N) is 1. The van der Waals surface area contributed by atoms with Crippen molar-refractivity contribution in [3.05, 3.63) is 44.8 Å². The normalized spacial score (nSPS) is 18.2. The molecule has 1 unspecified atom stereocenters. The Bertz CT molecular complexity index is 441. The Labute approximate surface area is 117 Å². The molecule has 3 heteroatoms. The van der Waals surface area contributed by atoms with E-state index in [0.29, 0.717) is 6.04 Å². The molecule has 18 heavy (non-hydrogen) atoms. The minimum atomic E-state index is 0.564. The van der Waals surface area contributed by atoms with Gasteiger partial charge in [0.05, 0.1) is 0 Å². The molecule has 96 valence electrons. The van der Waals surface area contributed by atoms with Gasteiger partial charge in [0.1, 0.15) is 0 Å². The molecule has 0 amide bonds. The Balaban J connectivity index is 1.69. The maximum Gasteiger partial charge on any atom is 0.0446 e. The third kappa shape index (κ3) is 2.85. The van der Waals surface area contributed by atoms with Crippen LogP contribution in [0.15, 0.2) is 35.0 Å². The second-order valence-electron chi connectivity index (χ2n) is 5.00. The van der Waals surface area contributed by atoms with Gasteiger partial charge in [-0.3, -0.25) is 0 Å². The van der Waals surface area contributed by atoms with Crippen LogP contribution in [0.2, 0.25) is 0 Å². The van der Waals surface area contributed by atoms with Crippen LogP contribution >= 0.6 is 22.7 Å². The van der Waals surface area contributed by atoms with E-state index in [2.05, 4.69) is 40.3 Å². The van der Waals surface area contributed by atoms with E-state index in [1.54, 1.807) is 0 Å². The zero-order valence-electron chi connectivity index (χ0n) is 10.5. The van der Waals surface area contributed by atoms with Crippen LogP contribution in [0.4, 0.5) is 0 Å². The standard InChI is InChI=1S/C15H19NS2/c1-2-6-12(5-1)15(14-8-4-10-18-14)16-11-13-7-3-9-17-13/h3-4,7-10,12,15-16H,1-2,5-6,11H2. The predicted octanol–water partition coefficient (Wildman–Crippen LogP) is 4.83. The van der Waals surface area contributed by atoms with Crippen LogP contribution in [0.5, 0.6) is 0 Å². The van der Waals surface area contributed by atoms with Crippen LogP contribution in [0.25, 0.3) is 0 Å². The van der Waals surface area contributed by atoms with Gasteiger partial charge in [-0.2, -0.15) is 0 Å². The van der Waals surface area contributed by atoms with E-state index in [4.69, 9.17) is 0 Å². The summed E-state index contributed by atoms with van der Waals surface area (Å²) in [6.07, 6.45) is 5.60. The largest absolute Gasteiger partial charge is 0.304 e. The first kappa shape index (κ1) is 12.4. The molecule has 1 saturated carbocycles. The molecule has 0 saturated heterocycles. The number of thiophene rings is 2. The molecule has 0 radical (unpaired) electrons. The van der Waals surface area contributed by atoms with E-state index < -0.39 is 0 Å². The highest BCUT2D eigenvalue weighted by atomic mass is 32.1. The van der Waals surface area contributed by atoms with Crippen LogP contribution in [0.1, 0.15) is 41.5 Å². The summed E-state index contributed by atoms with van der Waals surface area (Å²) in [6.45, 7) is 1.01. The van der Waals surface area contributed by atoms with E-state index in [9.17, 15) is 0 Å². The zero-order chi connectivity index (χ0) is 12.2. The second-order valence-corrected chi connectivity index (χ2v) is 7.01. The Kier molecular flexibility index (Phi) is 4.13. The fourth-order valence-corrected chi connectivity index (χ4v) is 4.43. The van der Waals surface area contributed by atoms with Crippen molar-refractivity contribution in [1.82, 2.24) is 5.32 Å². The minimum absolute atomic E-state index is 0.564. The molecule has 1 aliphatic rings. The topological polar surface area (TPSA) is 12.0 Å². The summed E-state index contributed by atoms with van der Waals surface area (Å²) in [5.74, 6) is 0.837. The van der Waals surface area contributed by atoms with E-state index >= 15 is 0 Å². The Morgan fingerprint density at radius 1 is 1.11 bits per heavy atom. The van der Waals surface area contributed by atoms with Crippen molar-refractivity contribution in [1.29, 1.82) is 0 Å². The lowest BCUT2D eigenvalue weighted by atomic mass is 9.96. The minimum Gasteiger partial charge on any atom is -0.304 e. The average molecular weight is 277 g/mol. The van der Waals surface area contributed by atoms with Gasteiger partial charge in [0.15, 0.2) is 0 Å². The van der Waals surface area contributed by atoms with Crippen LogP contribution < -0.4 is 5.32 Å². The molecule has 0 spiro atoms. The first-order valence-electron chi connectivity index (χ1n) is 6.72. The van der Waals surface area contributed by atoms with Gasteiger partial charge in [0.2, 0.25) is 0 Å². The maximum atomic E-state index is 3.79. The van der Waals surface area contributed by atoms with Gasteiger partial charge >= 0.3 is 0 Å². The summed E-state index contributed by atoms with van der Waals surface area (Å²) >= 11 is 3.74. The third-order valence-electron chi connectivity index (χ3n) is 3.80. The summed E-state index contributed by atoms with van der Waals surface area (Å²) in [7, 11) is 0. The summed E-state index contributed by atoms with van der Waals surface area (Å²) < 4.78 is 0. The van der Waals surface area contributed by atoms with Crippen molar-refractivity contribution in [2.24, 2.45) is 5.92 Å². The van der Waals surface area contributed by atoms with Crippen LogP contribution in [0.3, 0.4) is 0 Å². The van der Waals surface area contributed by atoms with Crippen molar-refractivity contribution >= 4 is 22.7 Å². The summed E-state index contributed by atoms with van der Waals surface area (Å²) in [5, 5.41) is 8.15. The Morgan fingerprint density at radius 3 is 2.56 bits per heavy atom. The van der Waals surface area contributed by atoms with Gasteiger partial charge in [-0.1, -0.05) is 25.0 Å². The molecule has 1 fully saturated rings. The molecule has 2 heterocycles. The molecular weight excluding hydrogens is 258 g/mol. The van der Waals surface area contributed by atoms with Gasteiger partial charge in [-0.25, -0.2) is 0 Å². The molecule has 0 aromatic carbocycles. The summed E-state index contributed by atoms with van der Waals surface area (Å²) in [4.78, 5) is 2.95. The lowest BCUT2D eigenvalue weighted by Crippen LogP contribution is -2.25. The molecule has 0 bridgehead atoms. The maximum absolute atomic E-state index is 3.79. The van der Waals surface area contributed by atoms with Crippen LogP contribution in [-0.2, 0) is 6.54 Å². The fraction of sp³-hybridized carbons (Fsp3) is 0.467. The van der Waals surface area contributed by atoms with E-state index in [1.807, 2.05) is 22.7 Å². The number of rotatable bonds is 5. The third-order valence-corrected chi connectivity index (χ3v) is 5.63. The lowest BCUT2D eigenvalue weighted by Gasteiger charge is -2.23. The van der Waals surface area contributed by atoms with Gasteiger partial charge in [0, 0.05) is 22.3 Å². The SMILES string of the molecule is c1csc(CNC(c2cccs2)C2CCCC2)c1. The van der Waals surface area contributed by atoms with Crippen molar-refractivity contribution < 1.29 is 0 Å². The molecule has 1 aliphatic carbocycles. The van der Waals surface area contributed by atoms with E-state index in [-0.39, 0.29) is 0 Å². The van der Waals surface area contributed by atoms with Crippen LogP contribution in [-0.4, -0.2) is 0 Å². The summed E-state index contributed by atoms with van der Waals surface area (Å²) in [5.41, 5.74) is 0. The van der Waals surface area contributed by atoms with Crippen molar-refractivity contribution in [2.45, 2.75) is 38.3 Å². The van der Waals surface area contributed by atoms with E-state index in [0.717, 1.165) is 12.5 Å². The number of hydrogen-bond acceptors (Lipinski definition) is 3. The Hall–Kier alpha value is -0.640. The van der Waals surface area contributed by atoms with Gasteiger partial charge < -0.3 is 5.32 Å². The van der Waals surface area contributed by atoms with Crippen molar-refractivity contribution in [2.75, 3.05) is 0 Å². The monoisotopic (exact) mass is 277 g/mol. The van der Waals surface area contributed by atoms with Crippen molar-refractivity contribution in [3.63, 3.8) is 0 Å². The van der Waals surface area contributed by atoms with E-state index in [1.165, 1.54) is 35.4 Å². The van der Waals surface area contributed by atoms with Gasteiger partial charge in [-0.05, 0) is 41.7 Å². The molecule has 2 aromatic heterocycles. The highest BCUT2D eigenvalue weighted by Crippen LogP contribution is 2.37. The smallest absolute Gasteiger partial charge is 0.0446 e. The summed E-state index contributed by atoms with van der Waals surface area (Å²) in [6, 6.07) is 9.38. The molecule has 2 aromatic rings. The van der Waals surface area contributed by atoms with Gasteiger partial charge in [0.25, 0.3) is 0 Å². The molecule has 3 rings (SSSR count). The zero-order valence-corrected chi connectivity index (χ0v) is 12.1. The first-order chi connectivity index (χ1) is 8.93. The highest BCUT2D eigenvalue weighted by molar-refractivity contribution is 7.10. The molecule has 1 nitrogen and oxygen atoms in total. The molecule has 1 atom stereocenters. The first-order valence-corrected chi connectivity index (χ1v) is 8.48. The average Bonchev–Trinajstić information content (AvgIpc) is 3.14.